The molecule has 3 aromatic rings. The second-order valence-electron chi connectivity index (χ2n) is 7.91. The molecule has 32 heavy (non-hydrogen) atoms. The zero-order chi connectivity index (χ0) is 22.9. The Morgan fingerprint density at radius 1 is 1.09 bits per heavy atom. The number of aromatic nitrogens is 2. The molecule has 0 spiro atoms. The first kappa shape index (κ1) is 22.3. The fraction of sp³-hybridized carbons (Fsp3) is 0.364. The predicted molar refractivity (Wildman–Crippen MR) is 110 cm³/mol. The van der Waals surface area contributed by atoms with Crippen LogP contribution < -0.4 is 5.32 Å². The van der Waals surface area contributed by atoms with Crippen LogP contribution in [-0.4, -0.2) is 62.2 Å². The van der Waals surface area contributed by atoms with Gasteiger partial charge in [0.15, 0.2) is 0 Å². The van der Waals surface area contributed by atoms with E-state index in [0.717, 1.165) is 29.6 Å². The minimum Gasteiger partial charge on any atom is -0.389 e. The van der Waals surface area contributed by atoms with Crippen LogP contribution in [0.2, 0.25) is 0 Å². The van der Waals surface area contributed by atoms with Gasteiger partial charge in [-0.15, -0.1) is 0 Å². The molecule has 2 atom stereocenters. The first-order chi connectivity index (χ1) is 15.2. The van der Waals surface area contributed by atoms with Crippen LogP contribution in [0, 0.1) is 0 Å². The summed E-state index contributed by atoms with van der Waals surface area (Å²) in [6, 6.07) is 10.1. The van der Waals surface area contributed by atoms with Gasteiger partial charge in [-0.25, -0.2) is 4.98 Å². The molecule has 7 nitrogen and oxygen atoms in total. The van der Waals surface area contributed by atoms with Crippen molar-refractivity contribution >= 4 is 11.6 Å². The number of imidazole rings is 1. The Bertz CT molecular complexity index is 1120. The van der Waals surface area contributed by atoms with Crippen molar-refractivity contribution in [2.75, 3.05) is 19.6 Å². The lowest BCUT2D eigenvalue weighted by Crippen LogP contribution is -2.45. The molecule has 10 heteroatoms. The van der Waals surface area contributed by atoms with Gasteiger partial charge in [0.2, 0.25) is 0 Å². The summed E-state index contributed by atoms with van der Waals surface area (Å²) in [5.74, 6) is -0.652. The Morgan fingerprint density at radius 3 is 2.59 bits per heavy atom. The topological polar surface area (TPSA) is 90.1 Å². The molecular formula is C22H23F3N4O3. The number of β-amino-alcohol motifs (C(OH)–C–C–N with tert-alkyl or cyclic N) is 1. The Morgan fingerprint density at radius 2 is 1.84 bits per heavy atom. The van der Waals surface area contributed by atoms with E-state index in [-0.39, 0.29) is 24.4 Å². The van der Waals surface area contributed by atoms with Gasteiger partial charge in [0.1, 0.15) is 11.3 Å². The molecule has 0 radical (unpaired) electrons. The van der Waals surface area contributed by atoms with Gasteiger partial charge in [-0.2, -0.15) is 13.2 Å². The van der Waals surface area contributed by atoms with E-state index in [0.29, 0.717) is 6.54 Å². The van der Waals surface area contributed by atoms with Crippen molar-refractivity contribution in [3.63, 3.8) is 0 Å². The minimum absolute atomic E-state index is 0.0846. The highest BCUT2D eigenvalue weighted by molar-refractivity contribution is 5.92. The van der Waals surface area contributed by atoms with Crippen molar-refractivity contribution in [3.05, 3.63) is 71.2 Å². The molecule has 0 aliphatic carbocycles. The van der Waals surface area contributed by atoms with Crippen LogP contribution >= 0.6 is 0 Å². The van der Waals surface area contributed by atoms with Gasteiger partial charge >= 0.3 is 6.18 Å². The molecule has 0 saturated heterocycles. The van der Waals surface area contributed by atoms with Crippen LogP contribution in [0.5, 0.6) is 0 Å². The van der Waals surface area contributed by atoms with Gasteiger partial charge in [0, 0.05) is 38.6 Å². The standard InChI is InChI=1S/C22H23F3N4O3/c23-22(24,25)16-5-6-20-27-17(12-29(20)11-16)21(32)26-9-18(30)19(31)13-28-8-7-14-3-1-2-4-15(14)10-28/h1-6,11-12,18-19,30-31H,7-10,13H2,(H,26,32). The Balaban J connectivity index is 1.31. The summed E-state index contributed by atoms with van der Waals surface area (Å²) in [7, 11) is 0. The van der Waals surface area contributed by atoms with Gasteiger partial charge in [0.25, 0.3) is 5.91 Å². The predicted octanol–water partition coefficient (Wildman–Crippen LogP) is 1.86. The fourth-order valence-electron chi connectivity index (χ4n) is 3.79. The molecule has 0 bridgehead atoms. The smallest absolute Gasteiger partial charge is 0.389 e. The summed E-state index contributed by atoms with van der Waals surface area (Å²) >= 11 is 0. The normalized spacial score (nSPS) is 16.5. The second kappa shape index (κ2) is 8.89. The highest BCUT2D eigenvalue weighted by Gasteiger charge is 2.31. The molecule has 3 N–H and O–H groups in total. The maximum atomic E-state index is 12.8. The van der Waals surface area contributed by atoms with Gasteiger partial charge in [-0.1, -0.05) is 24.3 Å². The van der Waals surface area contributed by atoms with E-state index in [2.05, 4.69) is 16.4 Å². The molecule has 1 aliphatic heterocycles. The zero-order valence-corrected chi connectivity index (χ0v) is 17.1. The molecule has 3 heterocycles. The highest BCUT2D eigenvalue weighted by atomic mass is 19.4. The first-order valence-corrected chi connectivity index (χ1v) is 10.2. The summed E-state index contributed by atoms with van der Waals surface area (Å²) in [4.78, 5) is 18.4. The Hall–Kier alpha value is -2.95. The fourth-order valence-corrected chi connectivity index (χ4v) is 3.79. The van der Waals surface area contributed by atoms with E-state index in [4.69, 9.17) is 0 Å². The maximum absolute atomic E-state index is 12.8. The number of rotatable bonds is 6. The number of alkyl halides is 3. The quantitative estimate of drug-likeness (QED) is 0.536. The number of fused-ring (bicyclic) bond motifs is 2. The highest BCUT2D eigenvalue weighted by Crippen LogP contribution is 2.29. The van der Waals surface area contributed by atoms with E-state index in [1.807, 2.05) is 23.1 Å². The SMILES string of the molecule is O=C(NCC(O)C(O)CN1CCc2ccccc2C1)c1cn2cc(C(F)(F)F)ccc2n1. The summed E-state index contributed by atoms with van der Waals surface area (Å²) in [6.45, 7) is 1.47. The van der Waals surface area contributed by atoms with Crippen LogP contribution in [0.15, 0.2) is 48.8 Å². The molecule has 1 aliphatic rings. The molecule has 0 fully saturated rings. The zero-order valence-electron chi connectivity index (χ0n) is 17.1. The van der Waals surface area contributed by atoms with E-state index in [1.54, 1.807) is 0 Å². The summed E-state index contributed by atoms with van der Waals surface area (Å²) in [6.07, 6.45) is -3.87. The largest absolute Gasteiger partial charge is 0.417 e. The number of hydrogen-bond donors (Lipinski definition) is 3. The van der Waals surface area contributed by atoms with Crippen LogP contribution in [0.25, 0.3) is 5.65 Å². The van der Waals surface area contributed by atoms with Crippen LogP contribution in [0.4, 0.5) is 13.2 Å². The second-order valence-corrected chi connectivity index (χ2v) is 7.91. The molecule has 2 unspecified atom stereocenters. The van der Waals surface area contributed by atoms with Crippen molar-refractivity contribution < 1.29 is 28.2 Å². The third-order valence-electron chi connectivity index (χ3n) is 5.58. The van der Waals surface area contributed by atoms with E-state index in [1.165, 1.54) is 23.4 Å². The summed E-state index contributed by atoms with van der Waals surface area (Å²) in [5.41, 5.74) is 1.72. The van der Waals surface area contributed by atoms with Crippen molar-refractivity contribution in [3.8, 4) is 0 Å². The number of aliphatic hydroxyl groups is 2. The molecule has 2 aromatic heterocycles. The van der Waals surface area contributed by atoms with Gasteiger partial charge in [-0.05, 0) is 29.7 Å². The molecule has 4 rings (SSSR count). The number of aliphatic hydroxyl groups excluding tert-OH is 2. The van der Waals surface area contributed by atoms with Crippen molar-refractivity contribution in [1.82, 2.24) is 19.6 Å². The third kappa shape index (κ3) is 4.93. The number of amides is 1. The molecular weight excluding hydrogens is 425 g/mol. The lowest BCUT2D eigenvalue weighted by molar-refractivity contribution is -0.137. The van der Waals surface area contributed by atoms with Crippen LogP contribution in [0.1, 0.15) is 27.2 Å². The first-order valence-electron chi connectivity index (χ1n) is 10.2. The number of hydrogen-bond acceptors (Lipinski definition) is 5. The number of nitrogens with one attached hydrogen (secondary N) is 1. The van der Waals surface area contributed by atoms with Gasteiger partial charge < -0.3 is 19.9 Å². The van der Waals surface area contributed by atoms with E-state index < -0.39 is 29.9 Å². The molecule has 1 aromatic carbocycles. The number of carbonyl (C=O) groups is 1. The minimum atomic E-state index is -4.50. The monoisotopic (exact) mass is 448 g/mol. The Kier molecular flexibility index (Phi) is 6.18. The number of carbonyl (C=O) groups excluding carboxylic acids is 1. The van der Waals surface area contributed by atoms with Gasteiger partial charge in [-0.3, -0.25) is 9.69 Å². The molecule has 1 amide bonds. The van der Waals surface area contributed by atoms with Crippen molar-refractivity contribution in [2.24, 2.45) is 0 Å². The van der Waals surface area contributed by atoms with Gasteiger partial charge in [0.05, 0.1) is 17.8 Å². The lowest BCUT2D eigenvalue weighted by atomic mass is 9.99. The average molecular weight is 448 g/mol. The maximum Gasteiger partial charge on any atom is 0.417 e. The van der Waals surface area contributed by atoms with E-state index >= 15 is 0 Å². The van der Waals surface area contributed by atoms with Crippen molar-refractivity contribution in [2.45, 2.75) is 31.3 Å². The van der Waals surface area contributed by atoms with Crippen LogP contribution in [0.3, 0.4) is 0 Å². The van der Waals surface area contributed by atoms with E-state index in [9.17, 15) is 28.2 Å². The number of nitrogens with zero attached hydrogens (tertiary/aromatic N) is 3. The Labute approximate surface area is 182 Å². The van der Waals surface area contributed by atoms with Crippen molar-refractivity contribution in [1.29, 1.82) is 0 Å². The van der Waals surface area contributed by atoms with Crippen LogP contribution in [-0.2, 0) is 19.1 Å². The molecule has 0 saturated carbocycles. The summed E-state index contributed by atoms with van der Waals surface area (Å²) in [5, 5.41) is 23.1. The number of benzene rings is 1. The average Bonchev–Trinajstić information content (AvgIpc) is 3.20. The third-order valence-corrected chi connectivity index (χ3v) is 5.58. The summed E-state index contributed by atoms with van der Waals surface area (Å²) < 4.78 is 39.6. The molecule has 170 valence electrons. The number of pyridine rings is 1. The lowest BCUT2D eigenvalue weighted by Gasteiger charge is -2.31. The number of halogens is 3.